The van der Waals surface area contributed by atoms with Gasteiger partial charge in [-0.25, -0.2) is 8.78 Å². The van der Waals surface area contributed by atoms with Crippen LogP contribution in [0.15, 0.2) is 18.2 Å². The fourth-order valence-corrected chi connectivity index (χ4v) is 2.83. The lowest BCUT2D eigenvalue weighted by Gasteiger charge is -2.33. The van der Waals surface area contributed by atoms with Crippen molar-refractivity contribution in [2.45, 2.75) is 31.7 Å². The maximum atomic E-state index is 13.2. The summed E-state index contributed by atoms with van der Waals surface area (Å²) in [6.45, 7) is 3.39. The van der Waals surface area contributed by atoms with Crippen LogP contribution in [0, 0.1) is 17.6 Å². The molecule has 1 aliphatic heterocycles. The minimum Gasteiger partial charge on any atom is -0.381 e. The van der Waals surface area contributed by atoms with Crippen LogP contribution >= 0.6 is 0 Å². The van der Waals surface area contributed by atoms with Gasteiger partial charge in [-0.05, 0) is 50.3 Å². The second kappa shape index (κ2) is 5.45. The van der Waals surface area contributed by atoms with Crippen molar-refractivity contribution in [1.82, 2.24) is 4.90 Å². The van der Waals surface area contributed by atoms with Crippen LogP contribution in [0.1, 0.15) is 25.7 Å². The Hall–Kier alpha value is -1.16. The maximum absolute atomic E-state index is 13.2. The van der Waals surface area contributed by atoms with Crippen LogP contribution < -0.4 is 5.32 Å². The van der Waals surface area contributed by atoms with E-state index in [-0.39, 0.29) is 0 Å². The van der Waals surface area contributed by atoms with E-state index in [1.165, 1.54) is 44.5 Å². The lowest BCUT2D eigenvalue weighted by molar-refractivity contribution is 0.208. The first-order chi connectivity index (χ1) is 9.20. The Labute approximate surface area is 112 Å². The standard InChI is InChI=1S/C15H20F2N2/c16-14-6-5-12(8-15(14)17)18-13-2-1-7-19(10-13)9-11-3-4-11/h5-6,8,11,13,18H,1-4,7,9-10H2/t13-/m0/s1. The number of piperidine rings is 1. The molecule has 1 heterocycles. The second-order valence-corrected chi connectivity index (χ2v) is 5.82. The molecule has 2 nitrogen and oxygen atoms in total. The highest BCUT2D eigenvalue weighted by atomic mass is 19.2. The number of hydrogen-bond donors (Lipinski definition) is 1. The highest BCUT2D eigenvalue weighted by Gasteiger charge is 2.27. The molecule has 1 saturated heterocycles. The lowest BCUT2D eigenvalue weighted by Crippen LogP contribution is -2.42. The van der Waals surface area contributed by atoms with Crippen molar-refractivity contribution in [3.05, 3.63) is 29.8 Å². The van der Waals surface area contributed by atoms with Crippen LogP contribution in [-0.4, -0.2) is 30.6 Å². The molecule has 2 aliphatic rings. The molecule has 1 aliphatic carbocycles. The van der Waals surface area contributed by atoms with Crippen LogP contribution in [0.2, 0.25) is 0 Å². The molecule has 3 rings (SSSR count). The van der Waals surface area contributed by atoms with Gasteiger partial charge in [0.2, 0.25) is 0 Å². The van der Waals surface area contributed by atoms with Gasteiger partial charge in [0.25, 0.3) is 0 Å². The molecule has 1 N–H and O–H groups in total. The molecule has 0 amide bonds. The van der Waals surface area contributed by atoms with Gasteiger partial charge >= 0.3 is 0 Å². The van der Waals surface area contributed by atoms with Gasteiger partial charge < -0.3 is 10.2 Å². The summed E-state index contributed by atoms with van der Waals surface area (Å²) in [5.74, 6) is -0.665. The van der Waals surface area contributed by atoms with E-state index in [1.807, 2.05) is 0 Å². The van der Waals surface area contributed by atoms with E-state index in [4.69, 9.17) is 0 Å². The van der Waals surface area contributed by atoms with E-state index >= 15 is 0 Å². The quantitative estimate of drug-likeness (QED) is 0.900. The van der Waals surface area contributed by atoms with Gasteiger partial charge in [-0.15, -0.1) is 0 Å². The van der Waals surface area contributed by atoms with Crippen molar-refractivity contribution in [3.8, 4) is 0 Å². The summed E-state index contributed by atoms with van der Waals surface area (Å²) in [6, 6.07) is 4.38. The number of nitrogens with zero attached hydrogens (tertiary/aromatic N) is 1. The summed E-state index contributed by atoms with van der Waals surface area (Å²) in [5, 5.41) is 3.32. The number of likely N-dealkylation sites (tertiary alicyclic amines) is 1. The molecule has 19 heavy (non-hydrogen) atoms. The monoisotopic (exact) mass is 266 g/mol. The topological polar surface area (TPSA) is 15.3 Å². The zero-order valence-electron chi connectivity index (χ0n) is 11.0. The first kappa shape index (κ1) is 12.9. The fourth-order valence-electron chi connectivity index (χ4n) is 2.83. The minimum atomic E-state index is -0.787. The zero-order chi connectivity index (χ0) is 13.2. The number of benzene rings is 1. The number of anilines is 1. The summed E-state index contributed by atoms with van der Waals surface area (Å²) < 4.78 is 26.0. The van der Waals surface area contributed by atoms with Gasteiger partial charge in [0, 0.05) is 30.9 Å². The van der Waals surface area contributed by atoms with Gasteiger partial charge in [0.05, 0.1) is 0 Å². The average Bonchev–Trinajstić information content (AvgIpc) is 3.18. The molecular weight excluding hydrogens is 246 g/mol. The molecule has 104 valence electrons. The Balaban J connectivity index is 1.57. The molecule has 1 saturated carbocycles. The predicted octanol–water partition coefficient (Wildman–Crippen LogP) is 3.25. The summed E-state index contributed by atoms with van der Waals surface area (Å²) >= 11 is 0. The van der Waals surface area contributed by atoms with E-state index < -0.39 is 11.6 Å². The van der Waals surface area contributed by atoms with Gasteiger partial charge in [0.1, 0.15) is 0 Å². The third-order valence-corrected chi connectivity index (χ3v) is 4.01. The number of halogens is 2. The molecule has 1 atom stereocenters. The highest BCUT2D eigenvalue weighted by molar-refractivity contribution is 5.44. The number of rotatable bonds is 4. The number of nitrogens with one attached hydrogen (secondary N) is 1. The second-order valence-electron chi connectivity index (χ2n) is 5.82. The summed E-state index contributed by atoms with van der Waals surface area (Å²) in [7, 11) is 0. The Kier molecular flexibility index (Phi) is 3.69. The van der Waals surface area contributed by atoms with Gasteiger partial charge in [-0.1, -0.05) is 0 Å². The number of hydrogen-bond acceptors (Lipinski definition) is 2. The van der Waals surface area contributed by atoms with Gasteiger partial charge in [-0.3, -0.25) is 0 Å². The molecule has 0 aromatic heterocycles. The summed E-state index contributed by atoms with van der Waals surface area (Å²) in [4.78, 5) is 2.50. The van der Waals surface area contributed by atoms with Crippen LogP contribution in [0.25, 0.3) is 0 Å². The van der Waals surface area contributed by atoms with E-state index in [0.717, 1.165) is 18.9 Å². The Morgan fingerprint density at radius 3 is 2.74 bits per heavy atom. The molecule has 0 unspecified atom stereocenters. The Bertz CT molecular complexity index is 446. The predicted molar refractivity (Wildman–Crippen MR) is 72.2 cm³/mol. The van der Waals surface area contributed by atoms with Crippen molar-refractivity contribution in [3.63, 3.8) is 0 Å². The smallest absolute Gasteiger partial charge is 0.160 e. The molecule has 0 radical (unpaired) electrons. The first-order valence-corrected chi connectivity index (χ1v) is 7.14. The summed E-state index contributed by atoms with van der Waals surface area (Å²) in [5.41, 5.74) is 0.678. The Morgan fingerprint density at radius 1 is 1.16 bits per heavy atom. The van der Waals surface area contributed by atoms with Gasteiger partial charge in [-0.2, -0.15) is 0 Å². The molecule has 4 heteroatoms. The molecule has 2 fully saturated rings. The van der Waals surface area contributed by atoms with Crippen LogP contribution in [0.3, 0.4) is 0 Å². The zero-order valence-corrected chi connectivity index (χ0v) is 11.0. The van der Waals surface area contributed by atoms with Crippen molar-refractivity contribution in [2.24, 2.45) is 5.92 Å². The lowest BCUT2D eigenvalue weighted by atomic mass is 10.0. The van der Waals surface area contributed by atoms with Crippen LogP contribution in [-0.2, 0) is 0 Å². The van der Waals surface area contributed by atoms with E-state index in [1.54, 1.807) is 6.07 Å². The van der Waals surface area contributed by atoms with Crippen molar-refractivity contribution < 1.29 is 8.78 Å². The largest absolute Gasteiger partial charge is 0.381 e. The van der Waals surface area contributed by atoms with Crippen LogP contribution in [0.5, 0.6) is 0 Å². The molecule has 1 aromatic rings. The van der Waals surface area contributed by atoms with E-state index in [2.05, 4.69) is 10.2 Å². The molecular formula is C15H20F2N2. The van der Waals surface area contributed by atoms with E-state index in [9.17, 15) is 8.78 Å². The normalized spacial score (nSPS) is 24.4. The Morgan fingerprint density at radius 2 is 2.00 bits per heavy atom. The minimum absolute atomic E-state index is 0.345. The third kappa shape index (κ3) is 3.44. The summed E-state index contributed by atoms with van der Waals surface area (Å²) in [6.07, 6.45) is 5.02. The third-order valence-electron chi connectivity index (χ3n) is 4.01. The van der Waals surface area contributed by atoms with Crippen molar-refractivity contribution >= 4 is 5.69 Å². The molecule has 0 spiro atoms. The first-order valence-electron chi connectivity index (χ1n) is 7.14. The van der Waals surface area contributed by atoms with E-state index in [0.29, 0.717) is 11.7 Å². The molecule has 1 aromatic carbocycles. The highest BCUT2D eigenvalue weighted by Crippen LogP contribution is 2.30. The van der Waals surface area contributed by atoms with Crippen molar-refractivity contribution in [1.29, 1.82) is 0 Å². The van der Waals surface area contributed by atoms with Crippen molar-refractivity contribution in [2.75, 3.05) is 25.0 Å². The fraction of sp³-hybridized carbons (Fsp3) is 0.600. The average molecular weight is 266 g/mol. The molecule has 0 bridgehead atoms. The SMILES string of the molecule is Fc1ccc(N[C@H]2CCCN(CC3CC3)C2)cc1F. The van der Waals surface area contributed by atoms with Gasteiger partial charge in [0.15, 0.2) is 11.6 Å². The van der Waals surface area contributed by atoms with Crippen LogP contribution in [0.4, 0.5) is 14.5 Å². The maximum Gasteiger partial charge on any atom is 0.160 e.